The topological polar surface area (TPSA) is 21.3 Å². The molecule has 1 aromatic carbocycles. The van der Waals surface area contributed by atoms with Crippen molar-refractivity contribution in [2.45, 2.75) is 32.7 Å². The minimum Gasteiger partial charge on any atom is -0.497 e. The summed E-state index contributed by atoms with van der Waals surface area (Å²) in [6.07, 6.45) is 2.10. The molecule has 0 saturated carbocycles. The predicted octanol–water partition coefficient (Wildman–Crippen LogP) is 3.60. The highest BCUT2D eigenvalue weighted by molar-refractivity contribution is 5.85. The van der Waals surface area contributed by atoms with E-state index in [-0.39, 0.29) is 17.8 Å². The molecule has 0 spiro atoms. The van der Waals surface area contributed by atoms with Crippen molar-refractivity contribution in [1.82, 2.24) is 5.32 Å². The molecular weight excluding hydrogens is 258 g/mol. The van der Waals surface area contributed by atoms with Gasteiger partial charge in [0.25, 0.3) is 0 Å². The van der Waals surface area contributed by atoms with Crippen molar-refractivity contribution < 1.29 is 4.74 Å². The number of benzene rings is 1. The summed E-state index contributed by atoms with van der Waals surface area (Å²) < 4.78 is 5.28. The summed E-state index contributed by atoms with van der Waals surface area (Å²) in [6.45, 7) is 9.83. The molecule has 1 aliphatic rings. The Morgan fingerprint density at radius 2 is 2.16 bits per heavy atom. The molecule has 0 bridgehead atoms. The van der Waals surface area contributed by atoms with Crippen molar-refractivity contribution in [1.29, 1.82) is 0 Å². The Labute approximate surface area is 122 Å². The van der Waals surface area contributed by atoms with Crippen LogP contribution in [0.15, 0.2) is 36.4 Å². The van der Waals surface area contributed by atoms with Gasteiger partial charge in [0.2, 0.25) is 0 Å². The Morgan fingerprint density at radius 3 is 2.84 bits per heavy atom. The molecule has 1 heterocycles. The highest BCUT2D eigenvalue weighted by atomic mass is 35.5. The van der Waals surface area contributed by atoms with E-state index >= 15 is 0 Å². The number of hydrogen-bond donors (Lipinski definition) is 1. The lowest BCUT2D eigenvalue weighted by Gasteiger charge is -2.41. The van der Waals surface area contributed by atoms with Crippen LogP contribution >= 0.6 is 12.4 Å². The van der Waals surface area contributed by atoms with E-state index in [0.29, 0.717) is 6.04 Å². The zero-order valence-corrected chi connectivity index (χ0v) is 12.8. The van der Waals surface area contributed by atoms with Crippen LogP contribution in [0.1, 0.15) is 25.8 Å². The molecule has 1 atom stereocenters. The number of methoxy groups -OCH3 is 1. The monoisotopic (exact) mass is 281 g/mol. The molecule has 1 unspecified atom stereocenters. The highest BCUT2D eigenvalue weighted by Gasteiger charge is 2.34. The van der Waals surface area contributed by atoms with Crippen LogP contribution < -0.4 is 10.1 Å². The van der Waals surface area contributed by atoms with E-state index in [1.165, 1.54) is 11.1 Å². The van der Waals surface area contributed by atoms with Gasteiger partial charge in [-0.3, -0.25) is 0 Å². The van der Waals surface area contributed by atoms with E-state index in [4.69, 9.17) is 4.74 Å². The van der Waals surface area contributed by atoms with Crippen LogP contribution in [-0.2, 0) is 6.42 Å². The van der Waals surface area contributed by atoms with E-state index < -0.39 is 0 Å². The molecule has 1 saturated heterocycles. The molecule has 0 radical (unpaired) electrons. The van der Waals surface area contributed by atoms with Crippen molar-refractivity contribution in [3.8, 4) is 5.75 Å². The Balaban J connectivity index is 0.00000180. The molecule has 1 N–H and O–H groups in total. The SMILES string of the molecule is C=C1CCNC(Cc2cccc(OC)c2)C1(C)C.Cl. The average molecular weight is 282 g/mol. The van der Waals surface area contributed by atoms with E-state index in [1.54, 1.807) is 7.11 Å². The van der Waals surface area contributed by atoms with Crippen molar-refractivity contribution in [3.05, 3.63) is 42.0 Å². The summed E-state index contributed by atoms with van der Waals surface area (Å²) in [5.74, 6) is 0.931. The van der Waals surface area contributed by atoms with Gasteiger partial charge in [0, 0.05) is 11.5 Å². The Morgan fingerprint density at radius 1 is 1.42 bits per heavy atom. The number of nitrogens with one attached hydrogen (secondary N) is 1. The second kappa shape index (κ2) is 6.44. The van der Waals surface area contributed by atoms with E-state index in [9.17, 15) is 0 Å². The Kier molecular flexibility index (Phi) is 5.45. The van der Waals surface area contributed by atoms with Crippen LogP contribution in [0.3, 0.4) is 0 Å². The number of piperidine rings is 1. The molecule has 0 aliphatic carbocycles. The zero-order chi connectivity index (χ0) is 13.2. The van der Waals surface area contributed by atoms with E-state index in [2.05, 4.69) is 43.9 Å². The number of rotatable bonds is 3. The average Bonchev–Trinajstić information content (AvgIpc) is 2.36. The van der Waals surface area contributed by atoms with Gasteiger partial charge in [-0.05, 0) is 37.1 Å². The van der Waals surface area contributed by atoms with Crippen molar-refractivity contribution in [3.63, 3.8) is 0 Å². The molecule has 1 fully saturated rings. The van der Waals surface area contributed by atoms with Gasteiger partial charge in [0.1, 0.15) is 5.75 Å². The molecule has 19 heavy (non-hydrogen) atoms. The maximum atomic E-state index is 5.28. The molecule has 1 aliphatic heterocycles. The minimum atomic E-state index is 0. The van der Waals surface area contributed by atoms with Gasteiger partial charge in [-0.1, -0.05) is 38.1 Å². The fraction of sp³-hybridized carbons (Fsp3) is 0.500. The second-order valence-electron chi connectivity index (χ2n) is 5.64. The number of ether oxygens (including phenoxy) is 1. The summed E-state index contributed by atoms with van der Waals surface area (Å²) in [5, 5.41) is 3.62. The van der Waals surface area contributed by atoms with Crippen LogP contribution in [0.2, 0.25) is 0 Å². The minimum absolute atomic E-state index is 0. The van der Waals surface area contributed by atoms with Crippen LogP contribution in [0.4, 0.5) is 0 Å². The zero-order valence-electron chi connectivity index (χ0n) is 12.0. The van der Waals surface area contributed by atoms with Gasteiger partial charge in [-0.2, -0.15) is 0 Å². The standard InChI is InChI=1S/C16H23NO.ClH/c1-12-8-9-17-15(16(12,2)3)11-13-6-5-7-14(10-13)18-4;/h5-7,10,15,17H,1,8-9,11H2,2-4H3;1H. The first kappa shape index (κ1) is 16.1. The lowest BCUT2D eigenvalue weighted by Crippen LogP contribution is -2.49. The molecular formula is C16H24ClNO. The van der Waals surface area contributed by atoms with Crippen LogP contribution in [0.5, 0.6) is 5.75 Å². The van der Waals surface area contributed by atoms with Crippen molar-refractivity contribution in [2.75, 3.05) is 13.7 Å². The third kappa shape index (κ3) is 3.52. The first-order valence-electron chi connectivity index (χ1n) is 6.58. The predicted molar refractivity (Wildman–Crippen MR) is 83.3 cm³/mol. The van der Waals surface area contributed by atoms with Crippen LogP contribution in [0, 0.1) is 5.41 Å². The van der Waals surface area contributed by atoms with E-state index in [1.807, 2.05) is 6.07 Å². The van der Waals surface area contributed by atoms with Gasteiger partial charge >= 0.3 is 0 Å². The summed E-state index contributed by atoms with van der Waals surface area (Å²) in [6, 6.07) is 8.78. The fourth-order valence-corrected chi connectivity index (χ4v) is 2.58. The highest BCUT2D eigenvalue weighted by Crippen LogP contribution is 2.36. The molecule has 0 aromatic heterocycles. The normalized spacial score (nSPS) is 21.6. The maximum absolute atomic E-state index is 5.28. The van der Waals surface area contributed by atoms with Gasteiger partial charge in [-0.25, -0.2) is 0 Å². The van der Waals surface area contributed by atoms with Gasteiger partial charge < -0.3 is 10.1 Å². The molecule has 0 amide bonds. The lowest BCUT2D eigenvalue weighted by molar-refractivity contribution is 0.251. The van der Waals surface area contributed by atoms with Gasteiger partial charge in [0.05, 0.1) is 7.11 Å². The molecule has 3 heteroatoms. The molecule has 2 rings (SSSR count). The second-order valence-corrected chi connectivity index (χ2v) is 5.64. The Hall–Kier alpha value is -0.990. The van der Waals surface area contributed by atoms with Gasteiger partial charge in [-0.15, -0.1) is 12.4 Å². The number of halogens is 1. The molecule has 106 valence electrons. The molecule has 1 aromatic rings. The summed E-state index contributed by atoms with van der Waals surface area (Å²) in [5.41, 5.74) is 2.82. The summed E-state index contributed by atoms with van der Waals surface area (Å²) in [4.78, 5) is 0. The largest absolute Gasteiger partial charge is 0.497 e. The van der Waals surface area contributed by atoms with Crippen LogP contribution in [-0.4, -0.2) is 19.7 Å². The first-order valence-corrected chi connectivity index (χ1v) is 6.58. The summed E-state index contributed by atoms with van der Waals surface area (Å²) in [7, 11) is 1.71. The summed E-state index contributed by atoms with van der Waals surface area (Å²) >= 11 is 0. The van der Waals surface area contributed by atoms with E-state index in [0.717, 1.165) is 25.1 Å². The third-order valence-corrected chi connectivity index (χ3v) is 4.17. The maximum Gasteiger partial charge on any atom is 0.119 e. The third-order valence-electron chi connectivity index (χ3n) is 4.17. The van der Waals surface area contributed by atoms with Gasteiger partial charge in [0.15, 0.2) is 0 Å². The van der Waals surface area contributed by atoms with Crippen molar-refractivity contribution in [2.24, 2.45) is 5.41 Å². The molecule has 2 nitrogen and oxygen atoms in total. The quantitative estimate of drug-likeness (QED) is 0.855. The first-order chi connectivity index (χ1) is 8.54. The lowest BCUT2D eigenvalue weighted by atomic mass is 9.72. The fourth-order valence-electron chi connectivity index (χ4n) is 2.58. The number of hydrogen-bond acceptors (Lipinski definition) is 2. The van der Waals surface area contributed by atoms with Crippen molar-refractivity contribution >= 4 is 12.4 Å². The smallest absolute Gasteiger partial charge is 0.119 e. The Bertz CT molecular complexity index is 442. The van der Waals surface area contributed by atoms with Crippen LogP contribution in [0.25, 0.3) is 0 Å².